The highest BCUT2D eigenvalue weighted by Crippen LogP contribution is 2.31. The van der Waals surface area contributed by atoms with E-state index < -0.39 is 6.04 Å². The standard InChI is InChI=1S/C26H24FN3O2/c1-18(20-12-6-8-14-23(20)27)28-26(31)22-17-30(16-19-10-4-3-5-11-19)29-25(22)21-13-7-9-15-24(21)32-2/h3-15,17-18H,16H2,1-2H3,(H,28,31). The number of ether oxygens (including phenoxy) is 1. The van der Waals surface area contributed by atoms with Crippen molar-refractivity contribution in [2.45, 2.75) is 19.5 Å². The zero-order valence-electron chi connectivity index (χ0n) is 18.0. The number of halogens is 1. The molecule has 0 aliphatic heterocycles. The van der Waals surface area contributed by atoms with Gasteiger partial charge in [-0.2, -0.15) is 5.10 Å². The highest BCUT2D eigenvalue weighted by atomic mass is 19.1. The number of hydrogen-bond donors (Lipinski definition) is 1. The summed E-state index contributed by atoms with van der Waals surface area (Å²) in [5.74, 6) is -0.0698. The van der Waals surface area contributed by atoms with Gasteiger partial charge in [-0.15, -0.1) is 0 Å². The molecule has 4 rings (SSSR count). The van der Waals surface area contributed by atoms with Crippen molar-refractivity contribution in [2.75, 3.05) is 7.11 Å². The summed E-state index contributed by atoms with van der Waals surface area (Å²) in [6.45, 7) is 2.27. The van der Waals surface area contributed by atoms with Gasteiger partial charge in [-0.25, -0.2) is 4.39 Å². The van der Waals surface area contributed by atoms with Crippen LogP contribution in [0.1, 0.15) is 34.5 Å². The van der Waals surface area contributed by atoms with E-state index in [9.17, 15) is 9.18 Å². The second-order valence-corrected chi connectivity index (χ2v) is 7.49. The number of aromatic nitrogens is 2. The van der Waals surface area contributed by atoms with Gasteiger partial charge in [0.1, 0.15) is 17.3 Å². The number of benzene rings is 3. The Morgan fingerprint density at radius 2 is 1.72 bits per heavy atom. The Morgan fingerprint density at radius 1 is 1.03 bits per heavy atom. The smallest absolute Gasteiger partial charge is 0.255 e. The van der Waals surface area contributed by atoms with Gasteiger partial charge in [0.05, 0.1) is 25.3 Å². The topological polar surface area (TPSA) is 56.2 Å². The third kappa shape index (κ3) is 4.54. The largest absolute Gasteiger partial charge is 0.496 e. The molecule has 1 atom stereocenters. The lowest BCUT2D eigenvalue weighted by atomic mass is 10.0. The van der Waals surface area contributed by atoms with Crippen molar-refractivity contribution in [1.82, 2.24) is 15.1 Å². The van der Waals surface area contributed by atoms with Crippen LogP contribution in [0.25, 0.3) is 11.3 Å². The Balaban J connectivity index is 1.70. The van der Waals surface area contributed by atoms with Gasteiger partial charge in [-0.3, -0.25) is 9.48 Å². The monoisotopic (exact) mass is 429 g/mol. The first-order chi connectivity index (χ1) is 15.6. The predicted octanol–water partition coefficient (Wildman–Crippen LogP) is 5.24. The van der Waals surface area contributed by atoms with Crippen molar-refractivity contribution in [3.8, 4) is 17.0 Å². The van der Waals surface area contributed by atoms with E-state index in [-0.39, 0.29) is 11.7 Å². The Bertz CT molecular complexity index is 1220. The quantitative estimate of drug-likeness (QED) is 0.437. The molecule has 0 aliphatic carbocycles. The number of para-hydroxylation sites is 1. The van der Waals surface area contributed by atoms with Crippen LogP contribution in [0.2, 0.25) is 0 Å². The van der Waals surface area contributed by atoms with Crippen LogP contribution in [0.15, 0.2) is 85.1 Å². The van der Waals surface area contributed by atoms with Crippen LogP contribution in [0.4, 0.5) is 4.39 Å². The second kappa shape index (κ2) is 9.47. The summed E-state index contributed by atoms with van der Waals surface area (Å²) in [5, 5.41) is 7.61. The summed E-state index contributed by atoms with van der Waals surface area (Å²) in [7, 11) is 1.58. The van der Waals surface area contributed by atoms with Crippen molar-refractivity contribution in [2.24, 2.45) is 0 Å². The van der Waals surface area contributed by atoms with Gasteiger partial charge in [0.2, 0.25) is 0 Å². The van der Waals surface area contributed by atoms with Crippen LogP contribution in [-0.2, 0) is 6.54 Å². The molecule has 0 bridgehead atoms. The van der Waals surface area contributed by atoms with Gasteiger partial charge in [-0.05, 0) is 30.7 Å². The van der Waals surface area contributed by atoms with Crippen molar-refractivity contribution in [3.63, 3.8) is 0 Å². The van der Waals surface area contributed by atoms with E-state index in [1.165, 1.54) is 6.07 Å². The van der Waals surface area contributed by atoms with Crippen LogP contribution in [0.5, 0.6) is 5.75 Å². The minimum Gasteiger partial charge on any atom is -0.496 e. The fraction of sp³-hybridized carbons (Fsp3) is 0.154. The predicted molar refractivity (Wildman–Crippen MR) is 122 cm³/mol. The number of hydrogen-bond acceptors (Lipinski definition) is 3. The zero-order chi connectivity index (χ0) is 22.5. The zero-order valence-corrected chi connectivity index (χ0v) is 18.0. The first kappa shape index (κ1) is 21.3. The maximum atomic E-state index is 14.2. The molecule has 1 aromatic heterocycles. The summed E-state index contributed by atoms with van der Waals surface area (Å²) in [6.07, 6.45) is 1.72. The Labute approximate surface area is 186 Å². The number of nitrogens with one attached hydrogen (secondary N) is 1. The first-order valence-electron chi connectivity index (χ1n) is 10.4. The number of carbonyl (C=O) groups excluding carboxylic acids is 1. The Kier molecular flexibility index (Phi) is 6.31. The molecule has 0 saturated heterocycles. The van der Waals surface area contributed by atoms with E-state index in [0.717, 1.165) is 5.56 Å². The number of carbonyl (C=O) groups is 1. The molecule has 32 heavy (non-hydrogen) atoms. The molecule has 1 unspecified atom stereocenters. The lowest BCUT2D eigenvalue weighted by Crippen LogP contribution is -2.27. The van der Waals surface area contributed by atoms with E-state index >= 15 is 0 Å². The number of rotatable bonds is 7. The molecular formula is C26H24FN3O2. The minimum atomic E-state index is -0.508. The lowest BCUT2D eigenvalue weighted by Gasteiger charge is -2.15. The molecular weight excluding hydrogens is 405 g/mol. The van der Waals surface area contributed by atoms with Gasteiger partial charge in [-0.1, -0.05) is 60.7 Å². The lowest BCUT2D eigenvalue weighted by molar-refractivity contribution is 0.0940. The van der Waals surface area contributed by atoms with Crippen molar-refractivity contribution >= 4 is 5.91 Å². The molecule has 162 valence electrons. The maximum absolute atomic E-state index is 14.2. The average Bonchev–Trinajstić information content (AvgIpc) is 3.23. The van der Waals surface area contributed by atoms with Gasteiger partial charge in [0.15, 0.2) is 0 Å². The number of nitrogens with zero attached hydrogens (tertiary/aromatic N) is 2. The minimum absolute atomic E-state index is 0.332. The molecule has 0 aliphatic rings. The van der Waals surface area contributed by atoms with Crippen LogP contribution >= 0.6 is 0 Å². The number of methoxy groups -OCH3 is 1. The Hall–Kier alpha value is -3.93. The van der Waals surface area contributed by atoms with Crippen LogP contribution in [0.3, 0.4) is 0 Å². The summed E-state index contributed by atoms with van der Waals surface area (Å²) in [5.41, 5.74) is 3.11. The van der Waals surface area contributed by atoms with E-state index in [4.69, 9.17) is 9.84 Å². The molecule has 1 heterocycles. The molecule has 0 fully saturated rings. The highest BCUT2D eigenvalue weighted by Gasteiger charge is 2.23. The van der Waals surface area contributed by atoms with Crippen LogP contribution in [-0.4, -0.2) is 22.8 Å². The third-order valence-corrected chi connectivity index (χ3v) is 5.28. The first-order valence-corrected chi connectivity index (χ1v) is 10.4. The molecule has 1 N–H and O–H groups in total. The molecule has 6 heteroatoms. The molecule has 4 aromatic rings. The normalized spacial score (nSPS) is 11.7. The van der Waals surface area contributed by atoms with Crippen LogP contribution < -0.4 is 10.1 Å². The number of amides is 1. The van der Waals surface area contributed by atoms with E-state index in [1.54, 1.807) is 43.1 Å². The molecule has 0 radical (unpaired) electrons. The second-order valence-electron chi connectivity index (χ2n) is 7.49. The maximum Gasteiger partial charge on any atom is 0.255 e. The summed E-state index contributed by atoms with van der Waals surface area (Å²) < 4.78 is 21.4. The van der Waals surface area contributed by atoms with Gasteiger partial charge < -0.3 is 10.1 Å². The SMILES string of the molecule is COc1ccccc1-c1nn(Cc2ccccc2)cc1C(=O)NC(C)c1ccccc1F. The van der Waals surface area contributed by atoms with Gasteiger partial charge in [0, 0.05) is 17.3 Å². The van der Waals surface area contributed by atoms with Gasteiger partial charge >= 0.3 is 0 Å². The van der Waals surface area contributed by atoms with Gasteiger partial charge in [0.25, 0.3) is 5.91 Å². The van der Waals surface area contributed by atoms with E-state index in [2.05, 4.69) is 5.32 Å². The molecule has 0 spiro atoms. The average molecular weight is 429 g/mol. The molecule has 3 aromatic carbocycles. The van der Waals surface area contributed by atoms with Crippen LogP contribution in [0, 0.1) is 5.82 Å². The van der Waals surface area contributed by atoms with Crippen molar-refractivity contribution in [1.29, 1.82) is 0 Å². The fourth-order valence-corrected chi connectivity index (χ4v) is 3.66. The van der Waals surface area contributed by atoms with Crippen molar-refractivity contribution < 1.29 is 13.9 Å². The van der Waals surface area contributed by atoms with E-state index in [1.807, 2.05) is 54.6 Å². The summed E-state index contributed by atoms with van der Waals surface area (Å²) in [4.78, 5) is 13.3. The summed E-state index contributed by atoms with van der Waals surface area (Å²) in [6, 6.07) is 23.2. The molecule has 5 nitrogen and oxygen atoms in total. The Morgan fingerprint density at radius 3 is 2.47 bits per heavy atom. The fourth-order valence-electron chi connectivity index (χ4n) is 3.66. The third-order valence-electron chi connectivity index (χ3n) is 5.28. The molecule has 0 saturated carbocycles. The highest BCUT2D eigenvalue weighted by molar-refractivity contribution is 6.00. The molecule has 1 amide bonds. The summed E-state index contributed by atoms with van der Waals surface area (Å²) >= 11 is 0. The van der Waals surface area contributed by atoms with E-state index in [0.29, 0.717) is 34.7 Å². The van der Waals surface area contributed by atoms with Crippen molar-refractivity contribution in [3.05, 3.63) is 108 Å².